The highest BCUT2D eigenvalue weighted by molar-refractivity contribution is 7.89. The van der Waals surface area contributed by atoms with Gasteiger partial charge in [0.1, 0.15) is 5.82 Å². The van der Waals surface area contributed by atoms with E-state index < -0.39 is 21.9 Å². The van der Waals surface area contributed by atoms with Crippen LogP contribution >= 0.6 is 11.6 Å². The zero-order chi connectivity index (χ0) is 18.3. The molecule has 0 unspecified atom stereocenters. The van der Waals surface area contributed by atoms with Crippen molar-refractivity contribution in [3.05, 3.63) is 89.0 Å². The van der Waals surface area contributed by atoms with Crippen LogP contribution in [0, 0.1) is 5.82 Å². The summed E-state index contributed by atoms with van der Waals surface area (Å²) >= 11 is 5.99. The summed E-state index contributed by atoms with van der Waals surface area (Å²) in [4.78, 5) is -0.0449. The van der Waals surface area contributed by atoms with E-state index in [-0.39, 0.29) is 4.90 Å². The van der Waals surface area contributed by atoms with E-state index in [0.29, 0.717) is 18.1 Å². The van der Waals surface area contributed by atoms with Crippen molar-refractivity contribution in [1.82, 2.24) is 8.87 Å². The van der Waals surface area contributed by atoms with Gasteiger partial charge in [0.05, 0.1) is 10.9 Å². The number of sulfonamides is 1. The molecule has 0 aliphatic carbocycles. The number of aromatic nitrogens is 1. The Morgan fingerprint density at radius 1 is 1.00 bits per heavy atom. The summed E-state index contributed by atoms with van der Waals surface area (Å²) in [5.41, 5.74) is 1.69. The van der Waals surface area contributed by atoms with Crippen molar-refractivity contribution in [3.63, 3.8) is 0 Å². The van der Waals surface area contributed by atoms with Gasteiger partial charge in [0.25, 0.3) is 0 Å². The first-order valence-electron chi connectivity index (χ1n) is 8.15. The lowest BCUT2D eigenvalue weighted by Gasteiger charge is -2.36. The van der Waals surface area contributed by atoms with Crippen molar-refractivity contribution in [2.24, 2.45) is 0 Å². The Morgan fingerprint density at radius 3 is 2.50 bits per heavy atom. The minimum Gasteiger partial charge on any atom is -0.348 e. The van der Waals surface area contributed by atoms with Gasteiger partial charge in [-0.25, -0.2) is 12.8 Å². The van der Waals surface area contributed by atoms with Crippen molar-refractivity contribution in [3.8, 4) is 0 Å². The van der Waals surface area contributed by atoms with Gasteiger partial charge in [-0.15, -0.1) is 0 Å². The van der Waals surface area contributed by atoms with Gasteiger partial charge in [0.15, 0.2) is 0 Å². The third-order valence-corrected chi connectivity index (χ3v) is 6.69. The van der Waals surface area contributed by atoms with E-state index >= 15 is 0 Å². The summed E-state index contributed by atoms with van der Waals surface area (Å²) in [6, 6.07) is 15.6. The lowest BCUT2D eigenvalue weighted by Crippen LogP contribution is -2.42. The van der Waals surface area contributed by atoms with Crippen LogP contribution in [0.25, 0.3) is 0 Å². The maximum Gasteiger partial charge on any atom is 0.244 e. The minimum atomic E-state index is -3.87. The molecule has 1 aromatic heterocycles. The van der Waals surface area contributed by atoms with E-state index in [4.69, 9.17) is 11.6 Å². The molecule has 1 aliphatic heterocycles. The largest absolute Gasteiger partial charge is 0.348 e. The van der Waals surface area contributed by atoms with E-state index in [0.717, 1.165) is 17.3 Å². The Balaban J connectivity index is 1.85. The van der Waals surface area contributed by atoms with Crippen LogP contribution < -0.4 is 0 Å². The van der Waals surface area contributed by atoms with Crippen molar-refractivity contribution >= 4 is 21.6 Å². The molecule has 2 aromatic carbocycles. The van der Waals surface area contributed by atoms with E-state index in [1.165, 1.54) is 22.5 Å². The molecule has 4 rings (SSSR count). The lowest BCUT2D eigenvalue weighted by molar-refractivity contribution is 0.298. The molecule has 0 N–H and O–H groups in total. The Kier molecular flexibility index (Phi) is 4.34. The summed E-state index contributed by atoms with van der Waals surface area (Å²) in [6.07, 6.45) is 1.93. The molecular formula is C19H16ClFN2O2S. The third-order valence-electron chi connectivity index (χ3n) is 4.58. The van der Waals surface area contributed by atoms with Gasteiger partial charge in [-0.3, -0.25) is 0 Å². The highest BCUT2D eigenvalue weighted by Crippen LogP contribution is 2.36. The van der Waals surface area contributed by atoms with E-state index in [9.17, 15) is 12.8 Å². The molecule has 0 fully saturated rings. The van der Waals surface area contributed by atoms with Gasteiger partial charge in [-0.1, -0.05) is 29.8 Å². The first kappa shape index (κ1) is 17.3. The van der Waals surface area contributed by atoms with Gasteiger partial charge in [-0.2, -0.15) is 4.31 Å². The highest BCUT2D eigenvalue weighted by atomic mass is 35.5. The van der Waals surface area contributed by atoms with Crippen LogP contribution in [-0.2, 0) is 16.6 Å². The van der Waals surface area contributed by atoms with Crippen molar-refractivity contribution in [1.29, 1.82) is 0 Å². The molecule has 2 heterocycles. The topological polar surface area (TPSA) is 42.3 Å². The molecule has 0 radical (unpaired) electrons. The number of benzene rings is 2. The van der Waals surface area contributed by atoms with Crippen LogP contribution in [0.2, 0.25) is 5.02 Å². The third kappa shape index (κ3) is 2.94. The van der Waals surface area contributed by atoms with Crippen LogP contribution in [0.3, 0.4) is 0 Å². The summed E-state index contributed by atoms with van der Waals surface area (Å²) in [5.74, 6) is -0.575. The van der Waals surface area contributed by atoms with Gasteiger partial charge >= 0.3 is 0 Å². The number of halogens is 2. The Morgan fingerprint density at radius 2 is 1.77 bits per heavy atom. The first-order valence-corrected chi connectivity index (χ1v) is 9.96. The predicted octanol–water partition coefficient (Wildman–Crippen LogP) is 4.07. The van der Waals surface area contributed by atoms with Crippen LogP contribution in [0.15, 0.2) is 71.8 Å². The molecule has 3 aromatic rings. The molecule has 0 amide bonds. The fourth-order valence-corrected chi connectivity index (χ4v) is 5.10. The van der Waals surface area contributed by atoms with Gasteiger partial charge in [-0.05, 0) is 48.0 Å². The standard InChI is InChI=1S/C19H16ClFN2O2S/c20-15-8-6-14(7-9-15)19-18-5-2-10-22(18)11-12-23(19)26(24,25)17-4-1-3-16(21)13-17/h1-10,13,19H,11-12H2/t19-/m0/s1. The van der Waals surface area contributed by atoms with Crippen molar-refractivity contribution in [2.45, 2.75) is 17.5 Å². The quantitative estimate of drug-likeness (QED) is 0.676. The van der Waals surface area contributed by atoms with Crippen LogP contribution in [0.1, 0.15) is 17.3 Å². The zero-order valence-electron chi connectivity index (χ0n) is 13.7. The molecule has 1 aliphatic rings. The maximum atomic E-state index is 13.6. The molecule has 0 saturated heterocycles. The van der Waals surface area contributed by atoms with Crippen LogP contribution in [0.5, 0.6) is 0 Å². The lowest BCUT2D eigenvalue weighted by atomic mass is 10.0. The molecule has 0 spiro atoms. The molecule has 4 nitrogen and oxygen atoms in total. The highest BCUT2D eigenvalue weighted by Gasteiger charge is 2.37. The first-order chi connectivity index (χ1) is 12.5. The number of hydrogen-bond donors (Lipinski definition) is 0. The molecule has 26 heavy (non-hydrogen) atoms. The maximum absolute atomic E-state index is 13.6. The molecular weight excluding hydrogens is 375 g/mol. The number of rotatable bonds is 3. The average Bonchev–Trinajstić information content (AvgIpc) is 3.10. The second-order valence-corrected chi connectivity index (χ2v) is 8.48. The van der Waals surface area contributed by atoms with Crippen LogP contribution in [-0.4, -0.2) is 23.8 Å². The van der Waals surface area contributed by atoms with Crippen molar-refractivity contribution in [2.75, 3.05) is 6.54 Å². The summed E-state index contributed by atoms with van der Waals surface area (Å²) in [6.45, 7) is 0.842. The van der Waals surface area contributed by atoms with Crippen molar-refractivity contribution < 1.29 is 12.8 Å². The fraction of sp³-hybridized carbons (Fsp3) is 0.158. The molecule has 0 bridgehead atoms. The minimum absolute atomic E-state index is 0.0449. The zero-order valence-corrected chi connectivity index (χ0v) is 15.3. The molecule has 7 heteroatoms. The summed E-state index contributed by atoms with van der Waals surface area (Å²) in [5, 5.41) is 0.583. The van der Waals surface area contributed by atoms with Gasteiger partial charge in [0.2, 0.25) is 10.0 Å². The van der Waals surface area contributed by atoms with Gasteiger partial charge in [0, 0.05) is 30.0 Å². The van der Waals surface area contributed by atoms with E-state index in [1.54, 1.807) is 12.1 Å². The second kappa shape index (κ2) is 6.54. The van der Waals surface area contributed by atoms with Crippen LogP contribution in [0.4, 0.5) is 4.39 Å². The second-order valence-electron chi connectivity index (χ2n) is 6.15. The number of nitrogens with zero attached hydrogens (tertiary/aromatic N) is 2. The Bertz CT molecular complexity index is 1050. The summed E-state index contributed by atoms with van der Waals surface area (Å²) in [7, 11) is -3.87. The fourth-order valence-electron chi connectivity index (χ4n) is 3.37. The smallest absolute Gasteiger partial charge is 0.244 e. The number of fused-ring (bicyclic) bond motifs is 1. The Hall–Kier alpha value is -2.15. The predicted molar refractivity (Wildman–Crippen MR) is 98.0 cm³/mol. The molecule has 134 valence electrons. The normalized spacial score (nSPS) is 17.8. The summed E-state index contributed by atoms with van der Waals surface area (Å²) < 4.78 is 43.6. The number of hydrogen-bond acceptors (Lipinski definition) is 2. The SMILES string of the molecule is O=S(=O)(c1cccc(F)c1)N1CCn2cccc2[C@@H]1c1ccc(Cl)cc1. The van der Waals surface area contributed by atoms with Gasteiger partial charge < -0.3 is 4.57 Å². The van der Waals surface area contributed by atoms with E-state index in [1.807, 2.05) is 35.0 Å². The average molecular weight is 391 g/mol. The van der Waals surface area contributed by atoms with E-state index in [2.05, 4.69) is 0 Å². The molecule has 1 atom stereocenters. The Labute approximate surface area is 156 Å². The molecule has 0 saturated carbocycles. The monoisotopic (exact) mass is 390 g/mol.